The number of sulfone groups is 1. The Kier molecular flexibility index (Phi) is 2.99. The van der Waals surface area contributed by atoms with Crippen LogP contribution in [0, 0.1) is 0 Å². The lowest BCUT2D eigenvalue weighted by molar-refractivity contribution is 0.358. The first-order valence-electron chi connectivity index (χ1n) is 5.12. The Hall–Kier alpha value is -0.940. The number of hydrogen-bond donors (Lipinski definition) is 1. The largest absolute Gasteiger partial charge is 0.307 e. The first kappa shape index (κ1) is 11.5. The molecule has 1 heterocycles. The topological polar surface area (TPSA) is 46.2 Å². The van der Waals surface area contributed by atoms with Crippen molar-refractivity contribution in [2.75, 3.05) is 12.9 Å². The van der Waals surface area contributed by atoms with Gasteiger partial charge in [0.05, 0.1) is 4.90 Å². The average Bonchev–Trinajstić information content (AvgIpc) is 2.26. The summed E-state index contributed by atoms with van der Waals surface area (Å²) in [5, 5.41) is 3.03. The van der Waals surface area contributed by atoms with E-state index in [0.717, 1.165) is 11.1 Å². The zero-order chi connectivity index (χ0) is 11.8. The summed E-state index contributed by atoms with van der Waals surface area (Å²) in [6.07, 6.45) is 1.81. The molecule has 0 fully saturated rings. The second kappa shape index (κ2) is 4.14. The lowest BCUT2D eigenvalue weighted by Crippen LogP contribution is -2.37. The molecule has 0 radical (unpaired) electrons. The minimum Gasteiger partial charge on any atom is -0.307 e. The Morgan fingerprint density at radius 2 is 2.19 bits per heavy atom. The van der Waals surface area contributed by atoms with Crippen LogP contribution in [-0.2, 0) is 22.8 Å². The van der Waals surface area contributed by atoms with Gasteiger partial charge >= 0.3 is 0 Å². The quantitative estimate of drug-likeness (QED) is 0.845. The monoisotopic (exact) mass is 243 g/mol. The van der Waals surface area contributed by atoms with Crippen molar-refractivity contribution in [3.8, 4) is 0 Å². The summed E-state index contributed by atoms with van der Waals surface area (Å²) in [5.74, 6) is 0. The lowest BCUT2D eigenvalue weighted by Gasteiger charge is -2.24. The van der Waals surface area contributed by atoms with Crippen molar-refractivity contribution >= 4 is 9.84 Å². The molecule has 3 nitrogen and oxygen atoms in total. The van der Waals surface area contributed by atoms with Crippen LogP contribution in [0.15, 0.2) is 23.1 Å². The van der Waals surface area contributed by atoms with Gasteiger partial charge in [0.15, 0.2) is 9.84 Å². The third-order valence-electron chi connectivity index (χ3n) is 2.84. The second-order valence-electron chi connectivity index (χ2n) is 4.14. The predicted molar refractivity (Wildman–Crippen MR) is 59.9 cm³/mol. The highest BCUT2D eigenvalue weighted by Gasteiger charge is 2.19. The molecule has 0 aliphatic carbocycles. The molecular formula is C11H14FNO2S. The fourth-order valence-electron chi connectivity index (χ4n) is 1.90. The van der Waals surface area contributed by atoms with E-state index in [9.17, 15) is 12.8 Å². The minimum atomic E-state index is -3.16. The van der Waals surface area contributed by atoms with E-state index in [4.69, 9.17) is 0 Å². The molecule has 0 saturated heterocycles. The third kappa shape index (κ3) is 2.25. The zero-order valence-corrected chi connectivity index (χ0v) is 9.85. The first-order valence-corrected chi connectivity index (χ1v) is 7.01. The van der Waals surface area contributed by atoms with Crippen LogP contribution in [0.5, 0.6) is 0 Å². The van der Waals surface area contributed by atoms with Gasteiger partial charge in [0.1, 0.15) is 6.67 Å². The Bertz CT molecular complexity index is 499. The molecule has 1 aromatic carbocycles. The van der Waals surface area contributed by atoms with E-state index in [1.807, 2.05) is 0 Å². The molecule has 0 bridgehead atoms. The molecule has 1 aliphatic heterocycles. The molecule has 88 valence electrons. The molecule has 0 amide bonds. The fraction of sp³-hybridized carbons (Fsp3) is 0.455. The number of nitrogens with one attached hydrogen (secondary N) is 1. The van der Waals surface area contributed by atoms with Crippen LogP contribution in [0.25, 0.3) is 0 Å². The zero-order valence-electron chi connectivity index (χ0n) is 9.03. The summed E-state index contributed by atoms with van der Waals surface area (Å²) in [5.41, 5.74) is 1.99. The van der Waals surface area contributed by atoms with Crippen molar-refractivity contribution in [3.05, 3.63) is 29.3 Å². The predicted octanol–water partition coefficient (Wildman–Crippen LogP) is 1.07. The van der Waals surface area contributed by atoms with Crippen molar-refractivity contribution < 1.29 is 12.8 Å². The number of halogens is 1. The average molecular weight is 243 g/mol. The van der Waals surface area contributed by atoms with Gasteiger partial charge in [-0.3, -0.25) is 0 Å². The first-order chi connectivity index (χ1) is 7.50. The maximum atomic E-state index is 12.5. The van der Waals surface area contributed by atoms with Gasteiger partial charge in [0.2, 0.25) is 0 Å². The molecule has 16 heavy (non-hydrogen) atoms. The number of alkyl halides is 1. The summed E-state index contributed by atoms with van der Waals surface area (Å²) in [6.45, 7) is 0.139. The highest BCUT2D eigenvalue weighted by Crippen LogP contribution is 2.21. The van der Waals surface area contributed by atoms with E-state index in [0.29, 0.717) is 17.9 Å². The Labute approximate surface area is 94.6 Å². The number of rotatable bonds is 2. The maximum Gasteiger partial charge on any atom is 0.175 e. The molecule has 1 unspecified atom stereocenters. The van der Waals surface area contributed by atoms with Gasteiger partial charge in [-0.05, 0) is 29.7 Å². The highest BCUT2D eigenvalue weighted by molar-refractivity contribution is 7.90. The van der Waals surface area contributed by atoms with Gasteiger partial charge in [0.25, 0.3) is 0 Å². The van der Waals surface area contributed by atoms with Gasteiger partial charge in [0, 0.05) is 18.8 Å². The molecule has 1 N–H and O–H groups in total. The van der Waals surface area contributed by atoms with Gasteiger partial charge < -0.3 is 5.32 Å². The van der Waals surface area contributed by atoms with Crippen molar-refractivity contribution in [2.45, 2.75) is 23.9 Å². The molecule has 0 saturated carbocycles. The summed E-state index contributed by atoms with van der Waals surface area (Å²) in [6, 6.07) is 4.91. The van der Waals surface area contributed by atoms with E-state index >= 15 is 0 Å². The summed E-state index contributed by atoms with van der Waals surface area (Å²) in [4.78, 5) is 0.326. The van der Waals surface area contributed by atoms with Gasteiger partial charge in [-0.1, -0.05) is 6.07 Å². The number of benzene rings is 1. The summed E-state index contributed by atoms with van der Waals surface area (Å²) in [7, 11) is -3.16. The van der Waals surface area contributed by atoms with E-state index in [1.54, 1.807) is 18.2 Å². The lowest BCUT2D eigenvalue weighted by atomic mass is 9.96. The van der Waals surface area contributed by atoms with Crippen LogP contribution in [0.2, 0.25) is 0 Å². The second-order valence-corrected chi connectivity index (χ2v) is 6.15. The van der Waals surface area contributed by atoms with E-state index in [-0.39, 0.29) is 6.04 Å². The van der Waals surface area contributed by atoms with Crippen molar-refractivity contribution in [1.29, 1.82) is 0 Å². The van der Waals surface area contributed by atoms with Crippen molar-refractivity contribution in [3.63, 3.8) is 0 Å². The van der Waals surface area contributed by atoms with Crippen LogP contribution in [0.3, 0.4) is 0 Å². The fourth-order valence-corrected chi connectivity index (χ4v) is 2.57. The van der Waals surface area contributed by atoms with Crippen LogP contribution >= 0.6 is 0 Å². The molecular weight excluding hydrogens is 229 g/mol. The van der Waals surface area contributed by atoms with Crippen LogP contribution in [0.4, 0.5) is 4.39 Å². The SMILES string of the molecule is CS(=O)(=O)c1ccc2c(c1)CNC(CF)C2. The third-order valence-corrected chi connectivity index (χ3v) is 3.95. The smallest absolute Gasteiger partial charge is 0.175 e. The van der Waals surface area contributed by atoms with Gasteiger partial charge in [-0.2, -0.15) is 0 Å². The van der Waals surface area contributed by atoms with Crippen molar-refractivity contribution in [2.24, 2.45) is 0 Å². The molecule has 1 aliphatic rings. The minimum absolute atomic E-state index is 0.142. The number of fused-ring (bicyclic) bond motifs is 1. The molecule has 0 spiro atoms. The normalized spacial score (nSPS) is 20.5. The molecule has 1 aromatic rings. The van der Waals surface area contributed by atoms with Gasteiger partial charge in [-0.25, -0.2) is 12.8 Å². The Balaban J connectivity index is 2.35. The summed E-state index contributed by atoms with van der Waals surface area (Å²) < 4.78 is 35.2. The Morgan fingerprint density at radius 1 is 1.44 bits per heavy atom. The standard InChI is InChI=1S/C11H14FNO2S/c1-16(14,15)11-3-2-8-4-10(6-12)13-7-9(8)5-11/h2-3,5,10,13H,4,6-7H2,1H3. The van der Waals surface area contributed by atoms with Crippen LogP contribution in [0.1, 0.15) is 11.1 Å². The Morgan fingerprint density at radius 3 is 2.81 bits per heavy atom. The van der Waals surface area contributed by atoms with Crippen LogP contribution in [-0.4, -0.2) is 27.4 Å². The number of hydrogen-bond acceptors (Lipinski definition) is 3. The van der Waals surface area contributed by atoms with Gasteiger partial charge in [-0.15, -0.1) is 0 Å². The van der Waals surface area contributed by atoms with Crippen molar-refractivity contribution in [1.82, 2.24) is 5.32 Å². The molecule has 0 aromatic heterocycles. The molecule has 1 atom stereocenters. The van der Waals surface area contributed by atoms with E-state index in [1.165, 1.54) is 6.26 Å². The van der Waals surface area contributed by atoms with E-state index < -0.39 is 16.5 Å². The maximum absolute atomic E-state index is 12.5. The summed E-state index contributed by atoms with van der Waals surface area (Å²) >= 11 is 0. The highest BCUT2D eigenvalue weighted by atomic mass is 32.2. The van der Waals surface area contributed by atoms with E-state index in [2.05, 4.69) is 5.32 Å². The molecule has 2 rings (SSSR count). The van der Waals surface area contributed by atoms with Crippen LogP contribution < -0.4 is 5.32 Å². The molecule has 5 heteroatoms.